The Hall–Kier alpha value is -0.340. The molecule has 0 fully saturated rings. The van der Waals surface area contributed by atoms with Gasteiger partial charge in [0.1, 0.15) is 0 Å². The number of aliphatic hydroxyl groups is 1. The lowest BCUT2D eigenvalue weighted by Gasteiger charge is -2.11. The Morgan fingerprint density at radius 3 is 2.41 bits per heavy atom. The Bertz CT molecular complexity index is 303. The Morgan fingerprint density at radius 1 is 1.35 bits per heavy atom. The second kappa shape index (κ2) is 7.17. The lowest BCUT2D eigenvalue weighted by molar-refractivity contribution is -0.134. The van der Waals surface area contributed by atoms with Crippen LogP contribution in [0.2, 0.25) is 0 Å². The van der Waals surface area contributed by atoms with Crippen LogP contribution in [0.25, 0.3) is 0 Å². The minimum Gasteiger partial charge on any atom is -0.392 e. The average molecular weight is 277 g/mol. The van der Waals surface area contributed by atoms with E-state index in [9.17, 15) is 26.7 Å². The van der Waals surface area contributed by atoms with Crippen molar-refractivity contribution in [2.75, 3.05) is 12.3 Å². The summed E-state index contributed by atoms with van der Waals surface area (Å²) >= 11 is 0. The van der Waals surface area contributed by atoms with Crippen LogP contribution in [0.15, 0.2) is 0 Å². The van der Waals surface area contributed by atoms with Crippen molar-refractivity contribution in [2.24, 2.45) is 0 Å². The van der Waals surface area contributed by atoms with Crippen LogP contribution >= 0.6 is 0 Å². The second-order valence-electron chi connectivity index (χ2n) is 3.83. The van der Waals surface area contributed by atoms with Gasteiger partial charge >= 0.3 is 6.18 Å². The van der Waals surface area contributed by atoms with E-state index >= 15 is 0 Å². The number of hydrogen-bond donors (Lipinski definition) is 2. The summed E-state index contributed by atoms with van der Waals surface area (Å²) in [5, 5.41) is 9.26. The fourth-order valence-corrected chi connectivity index (χ4v) is 2.31. The van der Waals surface area contributed by atoms with Gasteiger partial charge in [-0.05, 0) is 12.8 Å². The summed E-state index contributed by atoms with van der Waals surface area (Å²) in [4.78, 5) is 0. The minimum absolute atomic E-state index is 0.151. The van der Waals surface area contributed by atoms with Crippen LogP contribution in [-0.4, -0.2) is 38.1 Å². The molecule has 0 saturated carbocycles. The molecule has 0 bridgehead atoms. The molecule has 17 heavy (non-hydrogen) atoms. The maximum absolute atomic E-state index is 11.8. The third-order valence-corrected chi connectivity index (χ3v) is 3.47. The maximum Gasteiger partial charge on any atom is 0.389 e. The first-order valence-electron chi connectivity index (χ1n) is 5.38. The molecule has 0 radical (unpaired) electrons. The largest absolute Gasteiger partial charge is 0.392 e. The smallest absolute Gasteiger partial charge is 0.389 e. The quantitative estimate of drug-likeness (QED) is 0.705. The van der Waals surface area contributed by atoms with E-state index in [1.165, 1.54) is 0 Å². The van der Waals surface area contributed by atoms with Crippen LogP contribution in [-0.2, 0) is 10.0 Å². The highest BCUT2D eigenvalue weighted by Gasteiger charge is 2.27. The van der Waals surface area contributed by atoms with Gasteiger partial charge in [0.05, 0.1) is 11.9 Å². The highest BCUT2D eigenvalue weighted by molar-refractivity contribution is 7.89. The van der Waals surface area contributed by atoms with Crippen molar-refractivity contribution in [1.82, 2.24) is 4.72 Å². The van der Waals surface area contributed by atoms with E-state index in [0.29, 0.717) is 12.8 Å². The molecule has 4 nitrogen and oxygen atoms in total. The van der Waals surface area contributed by atoms with Crippen molar-refractivity contribution in [2.45, 2.75) is 44.9 Å². The third-order valence-electron chi connectivity index (χ3n) is 2.03. The SMILES string of the molecule is CCCC(O)CNS(=O)(=O)CCCC(F)(F)F. The summed E-state index contributed by atoms with van der Waals surface area (Å²) in [5.41, 5.74) is 0. The van der Waals surface area contributed by atoms with Gasteiger partial charge in [-0.3, -0.25) is 0 Å². The van der Waals surface area contributed by atoms with Crippen molar-refractivity contribution in [3.63, 3.8) is 0 Å². The average Bonchev–Trinajstić information content (AvgIpc) is 2.13. The predicted octanol–water partition coefficient (Wildman–Crippen LogP) is 1.41. The molecular formula is C9H18F3NO3S. The Balaban J connectivity index is 3.89. The maximum atomic E-state index is 11.8. The predicted molar refractivity (Wildman–Crippen MR) is 58.0 cm³/mol. The van der Waals surface area contributed by atoms with E-state index < -0.39 is 40.9 Å². The number of alkyl halides is 3. The fraction of sp³-hybridized carbons (Fsp3) is 1.00. The molecule has 0 spiro atoms. The number of aliphatic hydroxyl groups excluding tert-OH is 1. The molecule has 0 saturated heterocycles. The molecular weight excluding hydrogens is 259 g/mol. The zero-order chi connectivity index (χ0) is 13.5. The number of sulfonamides is 1. The van der Waals surface area contributed by atoms with Crippen molar-refractivity contribution in [3.05, 3.63) is 0 Å². The summed E-state index contributed by atoms with van der Waals surface area (Å²) < 4.78 is 59.9. The molecule has 0 aliphatic carbocycles. The fourth-order valence-electron chi connectivity index (χ4n) is 1.19. The molecule has 1 unspecified atom stereocenters. The van der Waals surface area contributed by atoms with Gasteiger partial charge in [-0.25, -0.2) is 13.1 Å². The van der Waals surface area contributed by atoms with Crippen molar-refractivity contribution in [1.29, 1.82) is 0 Å². The van der Waals surface area contributed by atoms with Gasteiger partial charge in [0.15, 0.2) is 0 Å². The van der Waals surface area contributed by atoms with Crippen molar-refractivity contribution >= 4 is 10.0 Å². The summed E-state index contributed by atoms with van der Waals surface area (Å²) in [5.74, 6) is -0.578. The van der Waals surface area contributed by atoms with Crippen LogP contribution in [0.5, 0.6) is 0 Å². The van der Waals surface area contributed by atoms with E-state index in [-0.39, 0.29) is 6.54 Å². The Kier molecular flexibility index (Phi) is 7.03. The topological polar surface area (TPSA) is 66.4 Å². The molecule has 8 heteroatoms. The van der Waals surface area contributed by atoms with Crippen molar-refractivity contribution in [3.8, 4) is 0 Å². The van der Waals surface area contributed by atoms with Gasteiger partial charge in [-0.15, -0.1) is 0 Å². The van der Waals surface area contributed by atoms with E-state index in [4.69, 9.17) is 0 Å². The zero-order valence-electron chi connectivity index (χ0n) is 9.63. The molecule has 0 aliphatic rings. The molecule has 0 aliphatic heterocycles. The minimum atomic E-state index is -4.34. The van der Waals surface area contributed by atoms with Gasteiger partial charge < -0.3 is 5.11 Å². The van der Waals surface area contributed by atoms with Crippen molar-refractivity contribution < 1.29 is 26.7 Å². The van der Waals surface area contributed by atoms with Crippen LogP contribution in [0, 0.1) is 0 Å². The zero-order valence-corrected chi connectivity index (χ0v) is 10.4. The molecule has 0 amide bonds. The van der Waals surface area contributed by atoms with Crippen LogP contribution in [0.4, 0.5) is 13.2 Å². The lowest BCUT2D eigenvalue weighted by Crippen LogP contribution is -2.33. The summed E-state index contributed by atoms with van der Waals surface area (Å²) in [6.07, 6.45) is -5.56. The summed E-state index contributed by atoms with van der Waals surface area (Å²) in [7, 11) is -3.73. The first-order chi connectivity index (χ1) is 7.66. The van der Waals surface area contributed by atoms with Gasteiger partial charge in [0.25, 0.3) is 0 Å². The Morgan fingerprint density at radius 2 is 1.94 bits per heavy atom. The van der Waals surface area contributed by atoms with E-state index in [0.717, 1.165) is 0 Å². The van der Waals surface area contributed by atoms with Gasteiger partial charge in [-0.1, -0.05) is 13.3 Å². The molecule has 0 rings (SSSR count). The van der Waals surface area contributed by atoms with Gasteiger partial charge in [0.2, 0.25) is 10.0 Å². The number of hydrogen-bond acceptors (Lipinski definition) is 3. The Labute approximate surface area is 99.3 Å². The van der Waals surface area contributed by atoms with Crippen LogP contribution < -0.4 is 4.72 Å². The first kappa shape index (κ1) is 16.7. The number of nitrogens with one attached hydrogen (secondary N) is 1. The molecule has 0 aromatic carbocycles. The first-order valence-corrected chi connectivity index (χ1v) is 7.03. The molecule has 0 heterocycles. The summed E-state index contributed by atoms with van der Waals surface area (Å²) in [6, 6.07) is 0. The normalized spacial score (nSPS) is 14.9. The summed E-state index contributed by atoms with van der Waals surface area (Å²) in [6.45, 7) is 1.68. The molecule has 1 atom stereocenters. The highest BCUT2D eigenvalue weighted by atomic mass is 32.2. The number of halogens is 3. The highest BCUT2D eigenvalue weighted by Crippen LogP contribution is 2.21. The van der Waals surface area contributed by atoms with Gasteiger partial charge in [-0.2, -0.15) is 13.2 Å². The second-order valence-corrected chi connectivity index (χ2v) is 5.75. The molecule has 104 valence electrons. The number of rotatable bonds is 8. The lowest BCUT2D eigenvalue weighted by atomic mass is 10.2. The monoisotopic (exact) mass is 277 g/mol. The van der Waals surface area contributed by atoms with E-state index in [2.05, 4.69) is 4.72 Å². The van der Waals surface area contributed by atoms with E-state index in [1.807, 2.05) is 6.92 Å². The molecule has 0 aromatic rings. The van der Waals surface area contributed by atoms with Crippen LogP contribution in [0.3, 0.4) is 0 Å². The third kappa shape index (κ3) is 10.5. The van der Waals surface area contributed by atoms with E-state index in [1.54, 1.807) is 0 Å². The van der Waals surface area contributed by atoms with Gasteiger partial charge in [0, 0.05) is 13.0 Å². The standard InChI is InChI=1S/C9H18F3NO3S/c1-2-4-8(14)7-13-17(15,16)6-3-5-9(10,11)12/h8,13-14H,2-7H2,1H3. The molecule has 0 aromatic heterocycles. The molecule has 2 N–H and O–H groups in total. The van der Waals surface area contributed by atoms with Crippen LogP contribution in [0.1, 0.15) is 32.6 Å².